The van der Waals surface area contributed by atoms with E-state index in [2.05, 4.69) is 0 Å². The maximum absolute atomic E-state index is 5.85. The zero-order chi connectivity index (χ0) is 9.68. The van der Waals surface area contributed by atoms with Gasteiger partial charge in [-0.15, -0.1) is 0 Å². The van der Waals surface area contributed by atoms with E-state index in [1.807, 2.05) is 18.2 Å². The first-order valence-corrected chi connectivity index (χ1v) is 4.64. The predicted octanol–water partition coefficient (Wildman–Crippen LogP) is 2.40. The Morgan fingerprint density at radius 2 is 2.15 bits per heavy atom. The van der Waals surface area contributed by atoms with Gasteiger partial charge >= 0.3 is 0 Å². The van der Waals surface area contributed by atoms with Gasteiger partial charge in [-0.1, -0.05) is 36.0 Å². The maximum atomic E-state index is 5.85. The molecule has 0 aliphatic rings. The lowest BCUT2D eigenvalue weighted by atomic mass is 10.3. The lowest BCUT2D eigenvalue weighted by Gasteiger charge is -2.06. The van der Waals surface area contributed by atoms with E-state index in [1.165, 1.54) is 0 Å². The van der Waals surface area contributed by atoms with Crippen LogP contribution in [0.15, 0.2) is 24.3 Å². The fourth-order valence-electron chi connectivity index (χ4n) is 0.823. The molecule has 0 aliphatic carbocycles. The van der Waals surface area contributed by atoms with E-state index in [-0.39, 0.29) is 0 Å². The summed E-state index contributed by atoms with van der Waals surface area (Å²) in [5, 5.41) is 0.602. The molecular weight excluding hydrogens is 206 g/mol. The van der Waals surface area contributed by atoms with Crippen molar-refractivity contribution in [2.24, 2.45) is 5.73 Å². The molecule has 0 saturated heterocycles. The summed E-state index contributed by atoms with van der Waals surface area (Å²) >= 11 is 10.6. The highest BCUT2D eigenvalue weighted by Crippen LogP contribution is 2.22. The fourth-order valence-corrected chi connectivity index (χ4v) is 1.10. The summed E-state index contributed by atoms with van der Waals surface area (Å²) in [6.45, 7) is 0.471. The van der Waals surface area contributed by atoms with E-state index in [9.17, 15) is 0 Å². The van der Waals surface area contributed by atoms with Crippen LogP contribution in [0.25, 0.3) is 0 Å². The minimum Gasteiger partial charge on any atom is -0.492 e. The van der Waals surface area contributed by atoms with E-state index in [4.69, 9.17) is 34.3 Å². The quantitative estimate of drug-likeness (QED) is 0.784. The van der Waals surface area contributed by atoms with Gasteiger partial charge in [0.05, 0.1) is 16.6 Å². The molecule has 0 amide bonds. The number of benzene rings is 1. The van der Waals surface area contributed by atoms with Gasteiger partial charge in [-0.25, -0.2) is 0 Å². The Labute approximate surface area is 87.6 Å². The van der Waals surface area contributed by atoms with Crippen molar-refractivity contribution < 1.29 is 4.74 Å². The molecule has 4 heteroatoms. The predicted molar refractivity (Wildman–Crippen MR) is 58.3 cm³/mol. The summed E-state index contributed by atoms with van der Waals surface area (Å²) in [5.41, 5.74) is 5.31. The van der Waals surface area contributed by atoms with Crippen molar-refractivity contribution in [3.63, 3.8) is 0 Å². The Morgan fingerprint density at radius 1 is 1.46 bits per heavy atom. The minimum atomic E-state index is 0.451. The molecule has 1 aromatic carbocycles. The summed E-state index contributed by atoms with van der Waals surface area (Å²) in [4.78, 5) is 0.451. The molecule has 0 saturated carbocycles. The maximum Gasteiger partial charge on any atom is 0.137 e. The Bertz CT molecular complexity index is 303. The van der Waals surface area contributed by atoms with Crippen LogP contribution in [-0.4, -0.2) is 11.6 Å². The van der Waals surface area contributed by atoms with Crippen molar-refractivity contribution in [1.29, 1.82) is 0 Å². The molecule has 0 radical (unpaired) electrons. The van der Waals surface area contributed by atoms with Gasteiger partial charge < -0.3 is 10.5 Å². The first kappa shape index (κ1) is 10.3. The zero-order valence-corrected chi connectivity index (χ0v) is 8.57. The van der Waals surface area contributed by atoms with Gasteiger partial charge in [0.1, 0.15) is 5.75 Å². The molecule has 0 heterocycles. The van der Waals surface area contributed by atoms with E-state index < -0.39 is 0 Å². The zero-order valence-electron chi connectivity index (χ0n) is 7.00. The molecule has 0 aromatic heterocycles. The van der Waals surface area contributed by atoms with Gasteiger partial charge in [0.15, 0.2) is 0 Å². The van der Waals surface area contributed by atoms with Crippen LogP contribution in [0.3, 0.4) is 0 Å². The second-order valence-corrected chi connectivity index (χ2v) is 3.43. The van der Waals surface area contributed by atoms with E-state index in [0.717, 1.165) is 0 Å². The fraction of sp³-hybridized carbons (Fsp3) is 0.222. The van der Waals surface area contributed by atoms with E-state index in [0.29, 0.717) is 28.8 Å². The van der Waals surface area contributed by atoms with Crippen LogP contribution in [0.2, 0.25) is 5.02 Å². The number of nitrogens with two attached hydrogens (primary N) is 1. The molecular formula is C9H10ClNOS. The third kappa shape index (κ3) is 3.61. The van der Waals surface area contributed by atoms with Crippen molar-refractivity contribution in [2.75, 3.05) is 6.61 Å². The highest BCUT2D eigenvalue weighted by Gasteiger charge is 1.98. The normalized spacial score (nSPS) is 9.62. The van der Waals surface area contributed by atoms with Gasteiger partial charge in [0, 0.05) is 6.42 Å². The molecule has 0 atom stereocenters. The summed E-state index contributed by atoms with van der Waals surface area (Å²) < 4.78 is 5.35. The van der Waals surface area contributed by atoms with Gasteiger partial charge in [0.2, 0.25) is 0 Å². The summed E-state index contributed by atoms with van der Waals surface area (Å²) in [6, 6.07) is 7.30. The first-order chi connectivity index (χ1) is 6.20. The minimum absolute atomic E-state index is 0.451. The molecule has 1 rings (SSSR count). The average molecular weight is 216 g/mol. The molecule has 70 valence electrons. The van der Waals surface area contributed by atoms with Gasteiger partial charge in [-0.05, 0) is 12.1 Å². The van der Waals surface area contributed by atoms with Crippen molar-refractivity contribution in [2.45, 2.75) is 6.42 Å². The van der Waals surface area contributed by atoms with Crippen LogP contribution in [0.5, 0.6) is 5.75 Å². The number of hydrogen-bond acceptors (Lipinski definition) is 2. The average Bonchev–Trinajstić information content (AvgIpc) is 2.08. The summed E-state index contributed by atoms with van der Waals surface area (Å²) in [6.07, 6.45) is 0.570. The molecule has 13 heavy (non-hydrogen) atoms. The van der Waals surface area contributed by atoms with Crippen molar-refractivity contribution in [3.05, 3.63) is 29.3 Å². The Balaban J connectivity index is 2.45. The highest BCUT2D eigenvalue weighted by molar-refractivity contribution is 7.80. The molecule has 0 fully saturated rings. The lowest BCUT2D eigenvalue weighted by molar-refractivity contribution is 0.330. The van der Waals surface area contributed by atoms with E-state index >= 15 is 0 Å². The third-order valence-corrected chi connectivity index (χ3v) is 1.96. The number of thiocarbonyl (C=S) groups is 1. The number of hydrogen-bond donors (Lipinski definition) is 1. The van der Waals surface area contributed by atoms with Crippen LogP contribution in [-0.2, 0) is 0 Å². The molecule has 2 nitrogen and oxygen atoms in total. The number of para-hydroxylation sites is 1. The molecule has 0 aliphatic heterocycles. The smallest absolute Gasteiger partial charge is 0.137 e. The SMILES string of the molecule is NC(=S)CCOc1ccccc1Cl. The second kappa shape index (κ2) is 5.04. The first-order valence-electron chi connectivity index (χ1n) is 3.86. The number of ether oxygens (including phenoxy) is 1. The molecule has 0 bridgehead atoms. The largest absolute Gasteiger partial charge is 0.492 e. The molecule has 0 spiro atoms. The van der Waals surface area contributed by atoms with Gasteiger partial charge in [0.25, 0.3) is 0 Å². The van der Waals surface area contributed by atoms with Gasteiger partial charge in [-0.3, -0.25) is 0 Å². The standard InChI is InChI=1S/C9H10ClNOS/c10-7-3-1-2-4-8(7)12-6-5-9(11)13/h1-4H,5-6H2,(H2,11,13). The molecule has 1 aromatic rings. The van der Waals surface area contributed by atoms with Crippen LogP contribution in [0.4, 0.5) is 0 Å². The lowest BCUT2D eigenvalue weighted by Crippen LogP contribution is -2.12. The Morgan fingerprint density at radius 3 is 2.77 bits per heavy atom. The summed E-state index contributed by atoms with van der Waals surface area (Å²) in [5.74, 6) is 0.667. The number of halogens is 1. The van der Waals surface area contributed by atoms with Gasteiger partial charge in [-0.2, -0.15) is 0 Å². The van der Waals surface area contributed by atoms with Crippen molar-refractivity contribution in [1.82, 2.24) is 0 Å². The van der Waals surface area contributed by atoms with Crippen LogP contribution in [0.1, 0.15) is 6.42 Å². The molecule has 0 unspecified atom stereocenters. The van der Waals surface area contributed by atoms with Crippen LogP contribution in [0, 0.1) is 0 Å². The third-order valence-electron chi connectivity index (χ3n) is 1.44. The highest BCUT2D eigenvalue weighted by atomic mass is 35.5. The topological polar surface area (TPSA) is 35.2 Å². The summed E-state index contributed by atoms with van der Waals surface area (Å²) in [7, 11) is 0. The van der Waals surface area contributed by atoms with Crippen molar-refractivity contribution in [3.8, 4) is 5.75 Å². The van der Waals surface area contributed by atoms with Crippen molar-refractivity contribution >= 4 is 28.8 Å². The van der Waals surface area contributed by atoms with Crippen LogP contribution < -0.4 is 10.5 Å². The van der Waals surface area contributed by atoms with E-state index in [1.54, 1.807) is 6.07 Å². The second-order valence-electron chi connectivity index (χ2n) is 2.50. The number of rotatable bonds is 4. The monoisotopic (exact) mass is 215 g/mol. The molecule has 2 N–H and O–H groups in total. The Kier molecular flexibility index (Phi) is 3.99. The van der Waals surface area contributed by atoms with Crippen LogP contribution >= 0.6 is 23.8 Å². The Hall–Kier alpha value is -0.800.